The number of imide groups is 1. The first kappa shape index (κ1) is 26.0. The quantitative estimate of drug-likeness (QED) is 0.354. The van der Waals surface area contributed by atoms with Crippen molar-refractivity contribution < 1.29 is 23.9 Å². The number of thioether (sulfide) groups is 1. The van der Waals surface area contributed by atoms with Crippen LogP contribution in [0.5, 0.6) is 11.5 Å². The molecule has 7 nitrogen and oxygen atoms in total. The fraction of sp³-hybridized carbons (Fsp3) is 0.207. The van der Waals surface area contributed by atoms with E-state index in [2.05, 4.69) is 5.32 Å². The molecule has 1 N–H and O–H groups in total. The maximum atomic E-state index is 13.0. The minimum Gasteiger partial charge on any atom is -0.490 e. The smallest absolute Gasteiger partial charge is 0.293 e. The van der Waals surface area contributed by atoms with Gasteiger partial charge in [-0.05, 0) is 73.5 Å². The Morgan fingerprint density at radius 3 is 2.54 bits per heavy atom. The van der Waals surface area contributed by atoms with Gasteiger partial charge in [-0.3, -0.25) is 19.3 Å². The number of hydrogen-bond acceptors (Lipinski definition) is 6. The molecule has 37 heavy (non-hydrogen) atoms. The van der Waals surface area contributed by atoms with Gasteiger partial charge in [-0.15, -0.1) is 0 Å². The first-order chi connectivity index (χ1) is 17.8. The Morgan fingerprint density at radius 1 is 0.973 bits per heavy atom. The van der Waals surface area contributed by atoms with Crippen molar-refractivity contribution in [2.75, 3.05) is 18.5 Å². The van der Waals surface area contributed by atoms with Gasteiger partial charge in [-0.25, -0.2) is 0 Å². The number of ether oxygens (including phenoxy) is 2. The van der Waals surface area contributed by atoms with Gasteiger partial charge in [0.15, 0.2) is 18.1 Å². The molecule has 1 aliphatic rings. The fourth-order valence-electron chi connectivity index (χ4n) is 3.83. The Labute approximate surface area is 220 Å². The van der Waals surface area contributed by atoms with E-state index in [1.165, 1.54) is 4.90 Å². The van der Waals surface area contributed by atoms with Crippen LogP contribution in [0.25, 0.3) is 6.08 Å². The molecule has 0 bridgehead atoms. The summed E-state index contributed by atoms with van der Waals surface area (Å²) in [6.45, 7) is 6.16. The van der Waals surface area contributed by atoms with Gasteiger partial charge < -0.3 is 14.8 Å². The lowest BCUT2D eigenvalue weighted by Crippen LogP contribution is -2.27. The molecule has 3 aromatic carbocycles. The van der Waals surface area contributed by atoms with E-state index in [1.807, 2.05) is 69.3 Å². The van der Waals surface area contributed by atoms with Crippen molar-refractivity contribution in [2.24, 2.45) is 0 Å². The zero-order valence-electron chi connectivity index (χ0n) is 20.9. The molecule has 1 saturated heterocycles. The predicted molar refractivity (Wildman–Crippen MR) is 146 cm³/mol. The maximum Gasteiger partial charge on any atom is 0.293 e. The lowest BCUT2D eigenvalue weighted by Gasteiger charge is -2.14. The molecular formula is C29H28N2O5S. The zero-order valence-corrected chi connectivity index (χ0v) is 21.8. The van der Waals surface area contributed by atoms with E-state index in [-0.39, 0.29) is 30.2 Å². The van der Waals surface area contributed by atoms with Gasteiger partial charge >= 0.3 is 0 Å². The predicted octanol–water partition coefficient (Wildman–Crippen LogP) is 5.96. The van der Waals surface area contributed by atoms with E-state index in [4.69, 9.17) is 9.47 Å². The highest BCUT2D eigenvalue weighted by atomic mass is 32.2. The summed E-state index contributed by atoms with van der Waals surface area (Å²) in [5.74, 6) is 0.233. The van der Waals surface area contributed by atoms with Crippen molar-refractivity contribution in [2.45, 2.75) is 27.3 Å². The van der Waals surface area contributed by atoms with Crippen LogP contribution in [0, 0.1) is 13.8 Å². The summed E-state index contributed by atoms with van der Waals surface area (Å²) in [5.41, 5.74) is 4.33. The van der Waals surface area contributed by atoms with Crippen LogP contribution in [0.15, 0.2) is 71.6 Å². The molecule has 190 valence electrons. The van der Waals surface area contributed by atoms with Gasteiger partial charge in [-0.1, -0.05) is 54.1 Å². The Balaban J connectivity index is 1.45. The van der Waals surface area contributed by atoms with E-state index in [0.717, 1.165) is 34.1 Å². The van der Waals surface area contributed by atoms with Crippen molar-refractivity contribution in [3.05, 3.63) is 93.9 Å². The summed E-state index contributed by atoms with van der Waals surface area (Å²) in [6, 6.07) is 20.4. The standard InChI is InChI=1S/C29H28N2O5S/c1-4-35-25-15-21(12-13-24(25)36-18-27(32)30-23-11-6-5-9-20(23)3)16-26-28(33)31(29(34)37-26)17-22-10-7-8-19(2)14-22/h5-16H,4,17-18H2,1-3H3,(H,30,32)/b26-16-. The highest BCUT2D eigenvalue weighted by Crippen LogP contribution is 2.35. The monoisotopic (exact) mass is 516 g/mol. The number of aryl methyl sites for hydroxylation is 2. The van der Waals surface area contributed by atoms with Crippen LogP contribution in [-0.2, 0) is 16.1 Å². The summed E-state index contributed by atoms with van der Waals surface area (Å²) < 4.78 is 11.4. The van der Waals surface area contributed by atoms with Crippen molar-refractivity contribution >= 4 is 40.6 Å². The van der Waals surface area contributed by atoms with E-state index >= 15 is 0 Å². The average Bonchev–Trinajstić information content (AvgIpc) is 3.12. The lowest BCUT2D eigenvalue weighted by molar-refractivity contribution is -0.123. The Bertz CT molecular complexity index is 1370. The normalized spacial score (nSPS) is 14.2. The number of nitrogens with one attached hydrogen (secondary N) is 1. The van der Waals surface area contributed by atoms with Gasteiger partial charge in [0, 0.05) is 5.69 Å². The molecule has 0 spiro atoms. The molecule has 4 rings (SSSR count). The number of hydrogen-bond donors (Lipinski definition) is 1. The lowest BCUT2D eigenvalue weighted by atomic mass is 10.1. The Kier molecular flexibility index (Phi) is 8.30. The van der Waals surface area contributed by atoms with Crippen LogP contribution in [0.3, 0.4) is 0 Å². The van der Waals surface area contributed by atoms with Gasteiger partial charge in [0.05, 0.1) is 18.1 Å². The van der Waals surface area contributed by atoms with E-state index in [1.54, 1.807) is 24.3 Å². The Hall–Kier alpha value is -4.04. The molecular weight excluding hydrogens is 488 g/mol. The second-order valence-electron chi connectivity index (χ2n) is 8.55. The van der Waals surface area contributed by atoms with E-state index in [0.29, 0.717) is 28.6 Å². The largest absolute Gasteiger partial charge is 0.490 e. The van der Waals surface area contributed by atoms with Crippen LogP contribution >= 0.6 is 11.8 Å². The van der Waals surface area contributed by atoms with Crippen LogP contribution in [0.4, 0.5) is 10.5 Å². The summed E-state index contributed by atoms with van der Waals surface area (Å²) in [4.78, 5) is 39.5. The number of rotatable bonds is 9. The molecule has 1 fully saturated rings. The summed E-state index contributed by atoms with van der Waals surface area (Å²) in [6.07, 6.45) is 1.67. The minimum atomic E-state index is -0.331. The minimum absolute atomic E-state index is 0.189. The maximum absolute atomic E-state index is 13.0. The Morgan fingerprint density at radius 2 is 1.78 bits per heavy atom. The third-order valence-corrected chi connectivity index (χ3v) is 6.55. The SMILES string of the molecule is CCOc1cc(/C=C2\SC(=O)N(Cc3cccc(C)c3)C2=O)ccc1OCC(=O)Nc1ccccc1C. The number of anilines is 1. The van der Waals surface area contributed by atoms with Gasteiger partial charge in [0.1, 0.15) is 0 Å². The highest BCUT2D eigenvalue weighted by Gasteiger charge is 2.35. The number of para-hydroxylation sites is 1. The molecule has 0 unspecified atom stereocenters. The molecule has 1 aliphatic heterocycles. The van der Waals surface area contributed by atoms with E-state index < -0.39 is 0 Å². The topological polar surface area (TPSA) is 84.9 Å². The van der Waals surface area contributed by atoms with E-state index in [9.17, 15) is 14.4 Å². The summed E-state index contributed by atoms with van der Waals surface area (Å²) in [5, 5.41) is 2.53. The highest BCUT2D eigenvalue weighted by molar-refractivity contribution is 8.18. The molecule has 0 aromatic heterocycles. The number of amides is 3. The van der Waals surface area contributed by atoms with Crippen LogP contribution in [-0.4, -0.2) is 35.2 Å². The number of benzene rings is 3. The van der Waals surface area contributed by atoms with Crippen LogP contribution in [0.1, 0.15) is 29.2 Å². The molecule has 3 amide bonds. The fourth-order valence-corrected chi connectivity index (χ4v) is 4.66. The number of carbonyl (C=O) groups excluding carboxylic acids is 3. The first-order valence-corrected chi connectivity index (χ1v) is 12.7. The molecule has 0 saturated carbocycles. The average molecular weight is 517 g/mol. The number of nitrogens with zero attached hydrogens (tertiary/aromatic N) is 1. The van der Waals surface area contributed by atoms with Crippen molar-refractivity contribution in [1.29, 1.82) is 0 Å². The summed E-state index contributed by atoms with van der Waals surface area (Å²) in [7, 11) is 0. The summed E-state index contributed by atoms with van der Waals surface area (Å²) >= 11 is 0.913. The first-order valence-electron chi connectivity index (χ1n) is 11.9. The molecule has 0 atom stereocenters. The van der Waals surface area contributed by atoms with Gasteiger partial charge in [-0.2, -0.15) is 0 Å². The molecule has 0 radical (unpaired) electrons. The van der Waals surface area contributed by atoms with Gasteiger partial charge in [0.25, 0.3) is 17.1 Å². The van der Waals surface area contributed by atoms with Crippen molar-refractivity contribution in [3.8, 4) is 11.5 Å². The van der Waals surface area contributed by atoms with Crippen molar-refractivity contribution in [3.63, 3.8) is 0 Å². The van der Waals surface area contributed by atoms with Crippen molar-refractivity contribution in [1.82, 2.24) is 4.90 Å². The third-order valence-electron chi connectivity index (χ3n) is 5.64. The van der Waals surface area contributed by atoms with Crippen LogP contribution in [0.2, 0.25) is 0 Å². The second kappa shape index (κ2) is 11.8. The molecule has 0 aliphatic carbocycles. The number of carbonyl (C=O) groups is 3. The zero-order chi connectivity index (χ0) is 26.4. The second-order valence-corrected chi connectivity index (χ2v) is 9.54. The van der Waals surface area contributed by atoms with Crippen LogP contribution < -0.4 is 14.8 Å². The third kappa shape index (κ3) is 6.59. The molecule has 3 aromatic rings. The van der Waals surface area contributed by atoms with Gasteiger partial charge in [0.2, 0.25) is 0 Å². The molecule has 1 heterocycles. The molecule has 8 heteroatoms.